The van der Waals surface area contributed by atoms with Crippen LogP contribution in [0.15, 0.2) is 47.4 Å². The first-order chi connectivity index (χ1) is 8.84. The molecule has 1 unspecified atom stereocenters. The van der Waals surface area contributed by atoms with E-state index in [1.54, 1.807) is 10.8 Å². The van der Waals surface area contributed by atoms with Crippen LogP contribution in [-0.2, 0) is 6.54 Å². The zero-order chi connectivity index (χ0) is 12.4. The van der Waals surface area contributed by atoms with E-state index in [1.165, 1.54) is 6.07 Å². The van der Waals surface area contributed by atoms with Crippen molar-refractivity contribution >= 4 is 5.69 Å². The number of nitrogens with zero attached hydrogens (tertiary/aromatic N) is 2. The molecule has 1 aliphatic rings. The molecule has 0 saturated heterocycles. The topological polar surface area (TPSA) is 46.9 Å². The molecule has 1 aromatic heterocycles. The minimum absolute atomic E-state index is 0.0413. The van der Waals surface area contributed by atoms with E-state index in [-0.39, 0.29) is 11.6 Å². The SMILES string of the molecule is O=c1ccnc2n1CCCC2Nc1ccccc1. The van der Waals surface area contributed by atoms with Crippen LogP contribution in [0.25, 0.3) is 0 Å². The lowest BCUT2D eigenvalue weighted by Gasteiger charge is -2.26. The molecule has 0 fully saturated rings. The van der Waals surface area contributed by atoms with E-state index in [4.69, 9.17) is 0 Å². The summed E-state index contributed by atoms with van der Waals surface area (Å²) >= 11 is 0. The van der Waals surface area contributed by atoms with Crippen LogP contribution in [-0.4, -0.2) is 9.55 Å². The molecular formula is C14H15N3O. The number of hydrogen-bond acceptors (Lipinski definition) is 3. The third-order valence-electron chi connectivity index (χ3n) is 3.27. The lowest BCUT2D eigenvalue weighted by atomic mass is 10.1. The summed E-state index contributed by atoms with van der Waals surface area (Å²) in [4.78, 5) is 16.1. The van der Waals surface area contributed by atoms with Crippen LogP contribution in [0.2, 0.25) is 0 Å². The van der Waals surface area contributed by atoms with Gasteiger partial charge < -0.3 is 5.32 Å². The zero-order valence-electron chi connectivity index (χ0n) is 10.0. The van der Waals surface area contributed by atoms with Crippen LogP contribution in [0.3, 0.4) is 0 Å². The first kappa shape index (κ1) is 11.0. The number of para-hydroxylation sites is 1. The molecule has 4 heteroatoms. The zero-order valence-corrected chi connectivity index (χ0v) is 10.0. The van der Waals surface area contributed by atoms with Crippen LogP contribution >= 0.6 is 0 Å². The number of rotatable bonds is 2. The Labute approximate surface area is 105 Å². The van der Waals surface area contributed by atoms with Crippen molar-refractivity contribution in [2.24, 2.45) is 0 Å². The van der Waals surface area contributed by atoms with Gasteiger partial charge in [0.2, 0.25) is 0 Å². The highest BCUT2D eigenvalue weighted by Gasteiger charge is 2.21. The molecule has 0 radical (unpaired) electrons. The van der Waals surface area contributed by atoms with Gasteiger partial charge >= 0.3 is 0 Å². The van der Waals surface area contributed by atoms with Gasteiger partial charge in [-0.3, -0.25) is 9.36 Å². The molecule has 1 atom stereocenters. The summed E-state index contributed by atoms with van der Waals surface area (Å²) in [6, 6.07) is 11.7. The molecule has 3 rings (SSSR count). The third kappa shape index (κ3) is 2.01. The fourth-order valence-electron chi connectivity index (χ4n) is 2.41. The van der Waals surface area contributed by atoms with Gasteiger partial charge in [-0.05, 0) is 25.0 Å². The fourth-order valence-corrected chi connectivity index (χ4v) is 2.41. The third-order valence-corrected chi connectivity index (χ3v) is 3.27. The maximum absolute atomic E-state index is 11.8. The van der Waals surface area contributed by atoms with Gasteiger partial charge in [-0.1, -0.05) is 18.2 Å². The molecule has 4 nitrogen and oxygen atoms in total. The lowest BCUT2D eigenvalue weighted by molar-refractivity contribution is 0.448. The van der Waals surface area contributed by atoms with Crippen LogP contribution in [0, 0.1) is 0 Å². The second kappa shape index (κ2) is 4.64. The van der Waals surface area contributed by atoms with E-state index in [1.807, 2.05) is 30.3 Å². The highest BCUT2D eigenvalue weighted by Crippen LogP contribution is 2.25. The van der Waals surface area contributed by atoms with Gasteiger partial charge in [-0.2, -0.15) is 0 Å². The molecule has 2 heterocycles. The molecular weight excluding hydrogens is 226 g/mol. The van der Waals surface area contributed by atoms with Gasteiger partial charge in [0.15, 0.2) is 0 Å². The normalized spacial score (nSPS) is 18.1. The molecule has 0 spiro atoms. The van der Waals surface area contributed by atoms with Crippen LogP contribution in [0.1, 0.15) is 24.7 Å². The van der Waals surface area contributed by atoms with Crippen molar-refractivity contribution in [3.05, 3.63) is 58.8 Å². The summed E-state index contributed by atoms with van der Waals surface area (Å²) in [5.74, 6) is 0.845. The Morgan fingerprint density at radius 3 is 2.89 bits per heavy atom. The first-order valence-corrected chi connectivity index (χ1v) is 6.22. The van der Waals surface area contributed by atoms with Gasteiger partial charge in [0, 0.05) is 24.5 Å². The predicted octanol–water partition coefficient (Wildman–Crippen LogP) is 2.19. The highest BCUT2D eigenvalue weighted by atomic mass is 16.1. The van der Waals surface area contributed by atoms with E-state index in [2.05, 4.69) is 10.3 Å². The Hall–Kier alpha value is -2.10. The van der Waals surface area contributed by atoms with Crippen molar-refractivity contribution < 1.29 is 0 Å². The van der Waals surface area contributed by atoms with Gasteiger partial charge in [-0.15, -0.1) is 0 Å². The second-order valence-corrected chi connectivity index (χ2v) is 4.50. The van der Waals surface area contributed by atoms with Crippen molar-refractivity contribution in [1.29, 1.82) is 0 Å². The number of nitrogens with one attached hydrogen (secondary N) is 1. The molecule has 0 aliphatic carbocycles. The standard InChI is InChI=1S/C14H15N3O/c18-13-8-9-15-14-12(7-4-10-17(13)14)16-11-5-2-1-3-6-11/h1-3,5-6,8-9,12,16H,4,7,10H2. The van der Waals surface area contributed by atoms with Crippen molar-refractivity contribution in [2.45, 2.75) is 25.4 Å². The first-order valence-electron chi connectivity index (χ1n) is 6.22. The molecule has 0 amide bonds. The van der Waals surface area contributed by atoms with E-state index < -0.39 is 0 Å². The number of anilines is 1. The Morgan fingerprint density at radius 1 is 1.22 bits per heavy atom. The average Bonchev–Trinajstić information content (AvgIpc) is 2.41. The Balaban J connectivity index is 1.92. The van der Waals surface area contributed by atoms with Crippen molar-refractivity contribution in [3.63, 3.8) is 0 Å². The molecule has 0 bridgehead atoms. The van der Waals surface area contributed by atoms with Crippen molar-refractivity contribution in [1.82, 2.24) is 9.55 Å². The molecule has 1 N–H and O–H groups in total. The average molecular weight is 241 g/mol. The quantitative estimate of drug-likeness (QED) is 0.876. The summed E-state index contributed by atoms with van der Waals surface area (Å²) in [5, 5.41) is 3.44. The molecule has 1 aliphatic heterocycles. The smallest absolute Gasteiger partial charge is 0.253 e. The molecule has 0 saturated carbocycles. The molecule has 92 valence electrons. The molecule has 1 aromatic carbocycles. The van der Waals surface area contributed by atoms with Gasteiger partial charge in [-0.25, -0.2) is 4.98 Å². The van der Waals surface area contributed by atoms with E-state index in [0.717, 1.165) is 30.9 Å². The largest absolute Gasteiger partial charge is 0.375 e. The molecule has 18 heavy (non-hydrogen) atoms. The molecule has 2 aromatic rings. The summed E-state index contributed by atoms with van der Waals surface area (Å²) in [6.07, 6.45) is 3.60. The van der Waals surface area contributed by atoms with Crippen LogP contribution in [0.5, 0.6) is 0 Å². The van der Waals surface area contributed by atoms with Crippen molar-refractivity contribution in [3.8, 4) is 0 Å². The Kier molecular flexibility index (Phi) is 2.84. The second-order valence-electron chi connectivity index (χ2n) is 4.50. The number of aromatic nitrogens is 2. The fraction of sp³-hybridized carbons (Fsp3) is 0.286. The number of benzene rings is 1. The van der Waals surface area contributed by atoms with E-state index >= 15 is 0 Å². The monoisotopic (exact) mass is 241 g/mol. The van der Waals surface area contributed by atoms with Gasteiger partial charge in [0.05, 0.1) is 6.04 Å². The maximum atomic E-state index is 11.8. The minimum atomic E-state index is 0.0413. The number of hydrogen-bond donors (Lipinski definition) is 1. The summed E-state index contributed by atoms with van der Waals surface area (Å²) in [7, 11) is 0. The maximum Gasteiger partial charge on any atom is 0.253 e. The van der Waals surface area contributed by atoms with Gasteiger partial charge in [0.25, 0.3) is 5.56 Å². The Bertz CT molecular complexity index is 591. The highest BCUT2D eigenvalue weighted by molar-refractivity contribution is 5.44. The van der Waals surface area contributed by atoms with Crippen LogP contribution < -0.4 is 10.9 Å². The van der Waals surface area contributed by atoms with E-state index in [9.17, 15) is 4.79 Å². The summed E-state index contributed by atoms with van der Waals surface area (Å²) < 4.78 is 1.77. The lowest BCUT2D eigenvalue weighted by Crippen LogP contribution is -2.32. The predicted molar refractivity (Wildman–Crippen MR) is 70.5 cm³/mol. The van der Waals surface area contributed by atoms with E-state index in [0.29, 0.717) is 0 Å². The summed E-state index contributed by atoms with van der Waals surface area (Å²) in [5.41, 5.74) is 1.11. The number of fused-ring (bicyclic) bond motifs is 1. The van der Waals surface area contributed by atoms with Gasteiger partial charge in [0.1, 0.15) is 5.82 Å². The van der Waals surface area contributed by atoms with Crippen LogP contribution in [0.4, 0.5) is 5.69 Å². The summed E-state index contributed by atoms with van der Waals surface area (Å²) in [6.45, 7) is 0.773. The van der Waals surface area contributed by atoms with Crippen molar-refractivity contribution in [2.75, 3.05) is 5.32 Å². The minimum Gasteiger partial charge on any atom is -0.375 e. The Morgan fingerprint density at radius 2 is 2.06 bits per heavy atom.